The number of nitrogens with zero attached hydrogens (tertiary/aromatic N) is 2. The standard InChI is InChI=1S/C35H22N2OS/c1-2-12-25(13-3-1)37(35-36-30-21-20-23-10-4-5-15-28(23)34(30)38-35)26-14-8-11-24(22-26)27-17-9-19-32-33(27)29-16-6-7-18-31(29)39-32/h1-22H. The molecule has 0 N–H and O–H groups in total. The first-order valence-corrected chi connectivity index (χ1v) is 13.8. The van der Waals surface area contributed by atoms with Crippen molar-refractivity contribution in [2.24, 2.45) is 0 Å². The van der Waals surface area contributed by atoms with E-state index in [0.717, 1.165) is 38.8 Å². The van der Waals surface area contributed by atoms with E-state index in [1.807, 2.05) is 47.7 Å². The number of anilines is 3. The molecule has 184 valence electrons. The van der Waals surface area contributed by atoms with Gasteiger partial charge in [0.05, 0.1) is 11.4 Å². The lowest BCUT2D eigenvalue weighted by molar-refractivity contribution is 0.611. The predicted octanol–water partition coefficient (Wildman–Crippen LogP) is 10.5. The number of benzene rings is 6. The largest absolute Gasteiger partial charge is 0.422 e. The summed E-state index contributed by atoms with van der Waals surface area (Å²) in [5.41, 5.74) is 6.01. The van der Waals surface area contributed by atoms with Crippen LogP contribution >= 0.6 is 11.3 Å². The molecule has 0 bridgehead atoms. The average Bonchev–Trinajstić information content (AvgIpc) is 3.60. The van der Waals surface area contributed by atoms with Crippen LogP contribution in [0.15, 0.2) is 138 Å². The number of aromatic nitrogens is 1. The highest BCUT2D eigenvalue weighted by molar-refractivity contribution is 7.25. The molecule has 0 aliphatic heterocycles. The summed E-state index contributed by atoms with van der Waals surface area (Å²) in [6.45, 7) is 0. The van der Waals surface area contributed by atoms with Gasteiger partial charge in [-0.3, -0.25) is 4.90 Å². The number of thiophene rings is 1. The van der Waals surface area contributed by atoms with E-state index in [1.165, 1.54) is 25.7 Å². The maximum absolute atomic E-state index is 6.53. The van der Waals surface area contributed by atoms with E-state index >= 15 is 0 Å². The first-order chi connectivity index (χ1) is 19.3. The summed E-state index contributed by atoms with van der Waals surface area (Å²) in [4.78, 5) is 7.06. The number of para-hydroxylation sites is 1. The Labute approximate surface area is 229 Å². The van der Waals surface area contributed by atoms with Crippen LogP contribution in [-0.4, -0.2) is 4.98 Å². The molecule has 8 aromatic rings. The van der Waals surface area contributed by atoms with Gasteiger partial charge in [0.2, 0.25) is 0 Å². The molecule has 0 saturated carbocycles. The lowest BCUT2D eigenvalue weighted by Gasteiger charge is -2.21. The zero-order chi connectivity index (χ0) is 25.8. The molecule has 6 aromatic carbocycles. The first-order valence-electron chi connectivity index (χ1n) is 13.0. The van der Waals surface area contributed by atoms with Crippen LogP contribution in [-0.2, 0) is 0 Å². The van der Waals surface area contributed by atoms with Crippen molar-refractivity contribution in [2.45, 2.75) is 0 Å². The van der Waals surface area contributed by atoms with Gasteiger partial charge in [0.1, 0.15) is 5.52 Å². The summed E-state index contributed by atoms with van der Waals surface area (Å²) < 4.78 is 9.13. The molecule has 0 radical (unpaired) electrons. The number of oxazole rings is 1. The van der Waals surface area contributed by atoms with Crippen molar-refractivity contribution in [1.29, 1.82) is 0 Å². The third kappa shape index (κ3) is 3.61. The molecule has 3 nitrogen and oxygen atoms in total. The molecule has 2 heterocycles. The monoisotopic (exact) mass is 518 g/mol. The summed E-state index contributed by atoms with van der Waals surface area (Å²) in [6, 6.07) is 47.2. The van der Waals surface area contributed by atoms with Crippen LogP contribution in [0.25, 0.3) is 53.2 Å². The Balaban J connectivity index is 1.34. The summed E-state index contributed by atoms with van der Waals surface area (Å²) in [5.74, 6) is 0. The molecule has 0 amide bonds. The second-order valence-corrected chi connectivity index (χ2v) is 10.7. The number of hydrogen-bond acceptors (Lipinski definition) is 4. The molecule has 0 saturated heterocycles. The van der Waals surface area contributed by atoms with E-state index in [1.54, 1.807) is 0 Å². The second-order valence-electron chi connectivity index (χ2n) is 9.63. The molecule has 8 rings (SSSR count). The van der Waals surface area contributed by atoms with Gasteiger partial charge in [0.15, 0.2) is 5.58 Å². The second kappa shape index (κ2) is 8.83. The fraction of sp³-hybridized carbons (Fsp3) is 0. The SMILES string of the molecule is c1ccc(N(c2cccc(-c3cccc4sc5ccccc5c34)c2)c2nc3ccc4ccccc4c3o2)cc1. The van der Waals surface area contributed by atoms with E-state index in [-0.39, 0.29) is 0 Å². The minimum atomic E-state index is 0.545. The van der Waals surface area contributed by atoms with Crippen molar-refractivity contribution in [3.05, 3.63) is 133 Å². The number of rotatable bonds is 4. The molecule has 0 aliphatic carbocycles. The van der Waals surface area contributed by atoms with Crippen molar-refractivity contribution in [3.8, 4) is 11.1 Å². The van der Waals surface area contributed by atoms with Crippen LogP contribution in [0.2, 0.25) is 0 Å². The molecule has 0 aliphatic rings. The van der Waals surface area contributed by atoms with Gasteiger partial charge < -0.3 is 4.42 Å². The van der Waals surface area contributed by atoms with Gasteiger partial charge in [-0.05, 0) is 59.0 Å². The molecule has 39 heavy (non-hydrogen) atoms. The normalized spacial score (nSPS) is 11.6. The average molecular weight is 519 g/mol. The molecule has 2 aromatic heterocycles. The van der Waals surface area contributed by atoms with Gasteiger partial charge >= 0.3 is 6.01 Å². The van der Waals surface area contributed by atoms with E-state index in [9.17, 15) is 0 Å². The lowest BCUT2D eigenvalue weighted by Crippen LogP contribution is -2.10. The highest BCUT2D eigenvalue weighted by Crippen LogP contribution is 2.42. The molecular weight excluding hydrogens is 496 g/mol. The Bertz CT molecular complexity index is 2140. The van der Waals surface area contributed by atoms with Crippen LogP contribution in [0, 0.1) is 0 Å². The zero-order valence-electron chi connectivity index (χ0n) is 20.9. The minimum absolute atomic E-state index is 0.545. The van der Waals surface area contributed by atoms with Crippen LogP contribution in [0.1, 0.15) is 0 Å². The van der Waals surface area contributed by atoms with Gasteiger partial charge in [0, 0.05) is 25.6 Å². The smallest absolute Gasteiger partial charge is 0.307 e. The number of hydrogen-bond donors (Lipinski definition) is 0. The zero-order valence-corrected chi connectivity index (χ0v) is 21.7. The topological polar surface area (TPSA) is 29.3 Å². The third-order valence-corrected chi connectivity index (χ3v) is 8.43. The molecule has 0 fully saturated rings. The van der Waals surface area contributed by atoms with Crippen molar-refractivity contribution in [1.82, 2.24) is 4.98 Å². The highest BCUT2D eigenvalue weighted by Gasteiger charge is 2.20. The minimum Gasteiger partial charge on any atom is -0.422 e. The summed E-state index contributed by atoms with van der Waals surface area (Å²) in [7, 11) is 0. The van der Waals surface area contributed by atoms with Gasteiger partial charge in [-0.1, -0.05) is 91.0 Å². The van der Waals surface area contributed by atoms with Gasteiger partial charge in [-0.25, -0.2) is 0 Å². The maximum atomic E-state index is 6.53. The van der Waals surface area contributed by atoms with Crippen molar-refractivity contribution < 1.29 is 4.42 Å². The van der Waals surface area contributed by atoms with E-state index in [0.29, 0.717) is 6.01 Å². The van der Waals surface area contributed by atoms with Crippen molar-refractivity contribution in [3.63, 3.8) is 0 Å². The van der Waals surface area contributed by atoms with Crippen molar-refractivity contribution in [2.75, 3.05) is 4.90 Å². The Morgan fingerprint density at radius 2 is 1.33 bits per heavy atom. The molecule has 0 unspecified atom stereocenters. The lowest BCUT2D eigenvalue weighted by atomic mass is 9.99. The van der Waals surface area contributed by atoms with E-state index in [4.69, 9.17) is 9.40 Å². The predicted molar refractivity (Wildman–Crippen MR) is 165 cm³/mol. The fourth-order valence-electron chi connectivity index (χ4n) is 5.51. The number of fused-ring (bicyclic) bond motifs is 6. The quantitative estimate of drug-likeness (QED) is 0.232. The first kappa shape index (κ1) is 22.1. The molecule has 4 heteroatoms. The van der Waals surface area contributed by atoms with Crippen LogP contribution in [0.4, 0.5) is 17.4 Å². The van der Waals surface area contributed by atoms with Crippen LogP contribution in [0.3, 0.4) is 0 Å². The third-order valence-electron chi connectivity index (χ3n) is 7.29. The van der Waals surface area contributed by atoms with Gasteiger partial charge in [-0.2, -0.15) is 4.98 Å². The maximum Gasteiger partial charge on any atom is 0.307 e. The Kier molecular flexibility index (Phi) is 5.00. The van der Waals surface area contributed by atoms with Crippen molar-refractivity contribution >= 4 is 70.8 Å². The van der Waals surface area contributed by atoms with Crippen LogP contribution in [0.5, 0.6) is 0 Å². The van der Waals surface area contributed by atoms with E-state index in [2.05, 4.69) is 102 Å². The van der Waals surface area contributed by atoms with Gasteiger partial charge in [0.25, 0.3) is 0 Å². The van der Waals surface area contributed by atoms with E-state index < -0.39 is 0 Å². The summed E-state index contributed by atoms with van der Waals surface area (Å²) in [6.07, 6.45) is 0. The Hall–Kier alpha value is -4.93. The Morgan fingerprint density at radius 1 is 0.590 bits per heavy atom. The summed E-state index contributed by atoms with van der Waals surface area (Å²) >= 11 is 1.84. The molecular formula is C35H22N2OS. The fourth-order valence-corrected chi connectivity index (χ4v) is 6.65. The highest BCUT2D eigenvalue weighted by atomic mass is 32.1. The van der Waals surface area contributed by atoms with Crippen LogP contribution < -0.4 is 4.90 Å². The Morgan fingerprint density at radius 3 is 2.26 bits per heavy atom. The molecule has 0 atom stereocenters. The summed E-state index contributed by atoms with van der Waals surface area (Å²) in [5, 5.41) is 4.79. The van der Waals surface area contributed by atoms with Gasteiger partial charge in [-0.15, -0.1) is 11.3 Å². The molecule has 0 spiro atoms.